The maximum absolute atomic E-state index is 12.5. The molecule has 0 spiro atoms. The van der Waals surface area contributed by atoms with Gasteiger partial charge in [-0.1, -0.05) is 12.0 Å². The molecule has 0 bridgehead atoms. The number of hydrogen-bond acceptors (Lipinski definition) is 4. The van der Waals surface area contributed by atoms with Gasteiger partial charge in [0.25, 0.3) is 0 Å². The molecule has 5 nitrogen and oxygen atoms in total. The third kappa shape index (κ3) is 4.00. The van der Waals surface area contributed by atoms with Crippen LogP contribution in [0.15, 0.2) is 23.2 Å². The van der Waals surface area contributed by atoms with E-state index in [2.05, 4.69) is 10.9 Å². The Kier molecular flexibility index (Phi) is 4.88. The van der Waals surface area contributed by atoms with Crippen molar-refractivity contribution >= 4 is 17.9 Å². The van der Waals surface area contributed by atoms with E-state index < -0.39 is 11.7 Å². The molecule has 23 heavy (non-hydrogen) atoms. The van der Waals surface area contributed by atoms with Gasteiger partial charge in [-0.25, -0.2) is 9.59 Å². The van der Waals surface area contributed by atoms with Crippen LogP contribution in [0.4, 0.5) is 10.5 Å². The number of carbonyl (C=O) groups excluding carboxylic acids is 2. The van der Waals surface area contributed by atoms with E-state index in [1.54, 1.807) is 11.0 Å². The summed E-state index contributed by atoms with van der Waals surface area (Å²) in [6.07, 6.45) is 8.14. The van der Waals surface area contributed by atoms with E-state index >= 15 is 0 Å². The summed E-state index contributed by atoms with van der Waals surface area (Å²) in [6.45, 7) is 5.62. The monoisotopic (exact) mass is 312 g/mol. The number of amides is 1. The molecule has 0 fully saturated rings. The van der Waals surface area contributed by atoms with Gasteiger partial charge in [0.1, 0.15) is 5.60 Å². The van der Waals surface area contributed by atoms with Gasteiger partial charge in [-0.05, 0) is 56.9 Å². The number of carbonyl (C=O) groups is 1. The van der Waals surface area contributed by atoms with Gasteiger partial charge in [0.05, 0.1) is 18.3 Å². The molecule has 1 unspecified atom stereocenters. The molecule has 120 valence electrons. The summed E-state index contributed by atoms with van der Waals surface area (Å²) in [7, 11) is 0. The number of ether oxygens (including phenoxy) is 1. The Bertz CT molecular complexity index is 691. The Hall–Kier alpha value is -2.57. The lowest BCUT2D eigenvalue weighted by atomic mass is 10.1. The number of rotatable bonds is 3. The zero-order valence-corrected chi connectivity index (χ0v) is 13.6. The third-order valence-corrected chi connectivity index (χ3v) is 3.62. The second-order valence-corrected chi connectivity index (χ2v) is 6.45. The Morgan fingerprint density at radius 2 is 2.22 bits per heavy atom. The number of hydrogen-bond donors (Lipinski definition) is 0. The van der Waals surface area contributed by atoms with Crippen LogP contribution in [-0.4, -0.2) is 29.2 Å². The summed E-state index contributed by atoms with van der Waals surface area (Å²) in [5.74, 6) is 2.52. The summed E-state index contributed by atoms with van der Waals surface area (Å²) in [4.78, 5) is 28.1. The van der Waals surface area contributed by atoms with Crippen LogP contribution >= 0.6 is 0 Å². The van der Waals surface area contributed by atoms with Crippen molar-refractivity contribution in [3.05, 3.63) is 29.3 Å². The lowest BCUT2D eigenvalue weighted by Crippen LogP contribution is -2.39. The van der Waals surface area contributed by atoms with Crippen LogP contribution in [0.3, 0.4) is 0 Å². The number of aryl methyl sites for hydroxylation is 1. The Balaban J connectivity index is 2.33. The van der Waals surface area contributed by atoms with E-state index in [4.69, 9.17) is 11.2 Å². The molecule has 1 amide bonds. The molecule has 0 saturated carbocycles. The summed E-state index contributed by atoms with van der Waals surface area (Å²) in [5.41, 5.74) is 2.03. The van der Waals surface area contributed by atoms with Gasteiger partial charge in [-0.2, -0.15) is 4.99 Å². The molecule has 1 aliphatic rings. The van der Waals surface area contributed by atoms with Crippen molar-refractivity contribution in [2.24, 2.45) is 4.99 Å². The van der Waals surface area contributed by atoms with Crippen molar-refractivity contribution in [3.63, 3.8) is 0 Å². The van der Waals surface area contributed by atoms with E-state index in [1.165, 1.54) is 6.08 Å². The van der Waals surface area contributed by atoms with Gasteiger partial charge in [-0.3, -0.25) is 4.90 Å². The van der Waals surface area contributed by atoms with E-state index in [0.717, 1.165) is 24.0 Å². The molecule has 1 atom stereocenters. The molecule has 0 aliphatic heterocycles. The molecule has 0 saturated heterocycles. The van der Waals surface area contributed by atoms with Gasteiger partial charge < -0.3 is 4.74 Å². The van der Waals surface area contributed by atoms with Crippen LogP contribution in [0.5, 0.6) is 0 Å². The van der Waals surface area contributed by atoms with Crippen LogP contribution < -0.4 is 0 Å². The average Bonchev–Trinajstić information content (AvgIpc) is 2.86. The molecule has 0 radical (unpaired) electrons. The predicted molar refractivity (Wildman–Crippen MR) is 87.1 cm³/mol. The van der Waals surface area contributed by atoms with Crippen molar-refractivity contribution < 1.29 is 14.3 Å². The zero-order valence-electron chi connectivity index (χ0n) is 13.6. The number of nitrogens with zero attached hydrogens (tertiary/aromatic N) is 2. The molecule has 0 aromatic heterocycles. The Labute approximate surface area is 136 Å². The second kappa shape index (κ2) is 6.68. The van der Waals surface area contributed by atoms with E-state index in [0.29, 0.717) is 5.69 Å². The van der Waals surface area contributed by atoms with Crippen molar-refractivity contribution in [2.75, 3.05) is 6.54 Å². The lowest BCUT2D eigenvalue weighted by molar-refractivity contribution is 0.0190. The standard InChI is InChI=1S/C18H20N2O3/c1-5-10-20(17(22)23-18(2,3)4)16-9-7-13-6-8-14(19-12-21)11-15(13)16/h1,6,8,11,16H,7,9-10H2,2-4H3. The first-order valence-corrected chi connectivity index (χ1v) is 7.49. The molecule has 1 aromatic carbocycles. The van der Waals surface area contributed by atoms with Crippen LogP contribution in [0.2, 0.25) is 0 Å². The SMILES string of the molecule is C#CCN(C(=O)OC(C)(C)C)C1CCc2ccc(N=C=O)cc21. The van der Waals surface area contributed by atoms with Gasteiger partial charge in [0.15, 0.2) is 0 Å². The average molecular weight is 312 g/mol. The summed E-state index contributed by atoms with van der Waals surface area (Å²) in [5, 5.41) is 0. The predicted octanol–water partition coefficient (Wildman–Crippen LogP) is 3.51. The highest BCUT2D eigenvalue weighted by Gasteiger charge is 2.33. The molecule has 2 rings (SSSR count). The molecular weight excluding hydrogens is 292 g/mol. The molecule has 5 heteroatoms. The van der Waals surface area contributed by atoms with Crippen LogP contribution in [0.1, 0.15) is 44.4 Å². The second-order valence-electron chi connectivity index (χ2n) is 6.45. The first-order valence-electron chi connectivity index (χ1n) is 7.49. The Morgan fingerprint density at radius 1 is 1.48 bits per heavy atom. The fourth-order valence-electron chi connectivity index (χ4n) is 2.73. The number of aliphatic imine (C=N–C) groups is 1. The van der Waals surface area contributed by atoms with Gasteiger partial charge in [0.2, 0.25) is 6.08 Å². The minimum Gasteiger partial charge on any atom is -0.444 e. The normalized spacial score (nSPS) is 16.0. The van der Waals surface area contributed by atoms with Crippen LogP contribution in [0, 0.1) is 12.3 Å². The fourth-order valence-corrected chi connectivity index (χ4v) is 2.73. The zero-order chi connectivity index (χ0) is 17.0. The smallest absolute Gasteiger partial charge is 0.411 e. The topological polar surface area (TPSA) is 59.0 Å². The van der Waals surface area contributed by atoms with Crippen LogP contribution in [-0.2, 0) is 16.0 Å². The summed E-state index contributed by atoms with van der Waals surface area (Å²) >= 11 is 0. The molecule has 1 aliphatic carbocycles. The highest BCUT2D eigenvalue weighted by atomic mass is 16.6. The van der Waals surface area contributed by atoms with E-state index in [1.807, 2.05) is 32.9 Å². The van der Waals surface area contributed by atoms with E-state index in [-0.39, 0.29) is 12.6 Å². The highest BCUT2D eigenvalue weighted by molar-refractivity contribution is 5.70. The highest BCUT2D eigenvalue weighted by Crippen LogP contribution is 2.38. The maximum Gasteiger partial charge on any atom is 0.411 e. The maximum atomic E-state index is 12.5. The lowest BCUT2D eigenvalue weighted by Gasteiger charge is -2.30. The number of fused-ring (bicyclic) bond motifs is 1. The summed E-state index contributed by atoms with van der Waals surface area (Å²) < 4.78 is 5.46. The van der Waals surface area contributed by atoms with Crippen molar-refractivity contribution in [3.8, 4) is 12.3 Å². The first-order chi connectivity index (χ1) is 10.9. The van der Waals surface area contributed by atoms with Crippen molar-refractivity contribution in [1.29, 1.82) is 0 Å². The number of benzene rings is 1. The summed E-state index contributed by atoms with van der Waals surface area (Å²) in [6, 6.07) is 5.34. The first kappa shape index (κ1) is 16.8. The number of isocyanates is 1. The quantitative estimate of drug-likeness (QED) is 0.487. The third-order valence-electron chi connectivity index (χ3n) is 3.62. The van der Waals surface area contributed by atoms with Gasteiger partial charge in [0, 0.05) is 0 Å². The number of terminal acetylenes is 1. The van der Waals surface area contributed by atoms with Crippen molar-refractivity contribution in [1.82, 2.24) is 4.90 Å². The molecular formula is C18H20N2O3. The Morgan fingerprint density at radius 3 is 2.83 bits per heavy atom. The van der Waals surface area contributed by atoms with Crippen molar-refractivity contribution in [2.45, 2.75) is 45.3 Å². The minimum atomic E-state index is -0.588. The van der Waals surface area contributed by atoms with Gasteiger partial charge in [-0.15, -0.1) is 6.42 Å². The van der Waals surface area contributed by atoms with Gasteiger partial charge >= 0.3 is 6.09 Å². The molecule has 1 aromatic rings. The van der Waals surface area contributed by atoms with Crippen LogP contribution in [0.25, 0.3) is 0 Å². The largest absolute Gasteiger partial charge is 0.444 e. The molecule has 0 N–H and O–H groups in total. The fraction of sp³-hybridized carbons (Fsp3) is 0.444. The molecule has 0 heterocycles. The minimum absolute atomic E-state index is 0.167. The van der Waals surface area contributed by atoms with E-state index in [9.17, 15) is 9.59 Å².